The molecular weight excluding hydrogens is 322 g/mol. The molecule has 0 radical (unpaired) electrons. The minimum Gasteiger partial charge on any atom is -0.347 e. The molecule has 4 fully saturated rings. The molecule has 1 saturated carbocycles. The number of carbonyl (C=O) groups excluding carboxylic acids is 1. The number of nitrogens with zero attached hydrogens (tertiary/aromatic N) is 2. The Labute approximate surface area is 148 Å². The first kappa shape index (κ1) is 15.9. The quantitative estimate of drug-likeness (QED) is 0.912. The topological polar surface area (TPSA) is 45.2 Å². The van der Waals surface area contributed by atoms with Crippen LogP contribution in [0.1, 0.15) is 23.3 Å². The molecule has 4 bridgehead atoms. The predicted octanol–water partition coefficient (Wildman–Crippen LogP) is 2.73. The zero-order chi connectivity index (χ0) is 15.4. The fourth-order valence-corrected chi connectivity index (χ4v) is 5.08. The van der Waals surface area contributed by atoms with Gasteiger partial charge in [0, 0.05) is 37.3 Å². The van der Waals surface area contributed by atoms with Gasteiger partial charge in [0.05, 0.1) is 0 Å². The number of fused-ring (bicyclic) bond motifs is 1. The van der Waals surface area contributed by atoms with Crippen LogP contribution < -0.4 is 5.32 Å². The van der Waals surface area contributed by atoms with Crippen LogP contribution in [-0.4, -0.2) is 41.5 Å². The summed E-state index contributed by atoms with van der Waals surface area (Å²) < 4.78 is 0. The first-order valence-electron chi connectivity index (χ1n) is 8.64. The molecular formula is C19H22ClN3O. The van der Waals surface area contributed by atoms with Crippen LogP contribution in [0.25, 0.3) is 10.8 Å². The van der Waals surface area contributed by atoms with Gasteiger partial charge in [0.15, 0.2) is 0 Å². The van der Waals surface area contributed by atoms with E-state index in [1.165, 1.54) is 19.4 Å². The van der Waals surface area contributed by atoms with Crippen molar-refractivity contribution in [2.24, 2.45) is 17.8 Å². The van der Waals surface area contributed by atoms with Crippen LogP contribution in [-0.2, 0) is 0 Å². The lowest BCUT2D eigenvalue weighted by Crippen LogP contribution is -2.64. The number of carbonyl (C=O) groups is 1. The Hall–Kier alpha value is -1.65. The molecule has 4 aliphatic rings. The number of benzene rings is 1. The molecule has 1 amide bonds. The first-order valence-corrected chi connectivity index (χ1v) is 8.64. The first-order chi connectivity index (χ1) is 11.3. The predicted molar refractivity (Wildman–Crippen MR) is 96.4 cm³/mol. The van der Waals surface area contributed by atoms with Crippen molar-refractivity contribution in [3.8, 4) is 0 Å². The van der Waals surface area contributed by atoms with Gasteiger partial charge in [-0.2, -0.15) is 0 Å². The zero-order valence-corrected chi connectivity index (χ0v) is 14.3. The van der Waals surface area contributed by atoms with Crippen LogP contribution >= 0.6 is 12.4 Å². The normalized spacial score (nSPS) is 33.2. The number of halogens is 1. The SMILES string of the molecule is Cl.O=C(NC1[C@@H]2CC3C[C@@H]1CN(C3)C2)c1cc2ccccc2cn1. The molecule has 2 atom stereocenters. The maximum absolute atomic E-state index is 12.7. The van der Waals surface area contributed by atoms with E-state index in [2.05, 4.69) is 15.2 Å². The fraction of sp³-hybridized carbons (Fsp3) is 0.474. The summed E-state index contributed by atoms with van der Waals surface area (Å²) in [6.45, 7) is 3.59. The highest BCUT2D eigenvalue weighted by Crippen LogP contribution is 2.43. The highest BCUT2D eigenvalue weighted by Gasteiger charge is 2.47. The van der Waals surface area contributed by atoms with Crippen molar-refractivity contribution >= 4 is 29.1 Å². The van der Waals surface area contributed by atoms with E-state index in [-0.39, 0.29) is 18.3 Å². The smallest absolute Gasteiger partial charge is 0.270 e. The second kappa shape index (κ2) is 6.01. The number of hydrogen-bond acceptors (Lipinski definition) is 3. The van der Waals surface area contributed by atoms with E-state index in [0.29, 0.717) is 23.6 Å². The molecule has 1 N–H and O–H groups in total. The largest absolute Gasteiger partial charge is 0.347 e. The van der Waals surface area contributed by atoms with E-state index in [4.69, 9.17) is 0 Å². The van der Waals surface area contributed by atoms with Gasteiger partial charge in [0.1, 0.15) is 5.69 Å². The Morgan fingerprint density at radius 3 is 2.50 bits per heavy atom. The lowest BCUT2D eigenvalue weighted by Gasteiger charge is -2.55. The van der Waals surface area contributed by atoms with Gasteiger partial charge in [0.25, 0.3) is 5.91 Å². The van der Waals surface area contributed by atoms with E-state index in [0.717, 1.165) is 29.8 Å². The third-order valence-corrected chi connectivity index (χ3v) is 5.95. The number of piperidine rings is 3. The molecule has 4 nitrogen and oxygen atoms in total. The summed E-state index contributed by atoms with van der Waals surface area (Å²) in [4.78, 5) is 19.6. The molecule has 1 aromatic carbocycles. The van der Waals surface area contributed by atoms with Crippen molar-refractivity contribution in [2.45, 2.75) is 18.9 Å². The summed E-state index contributed by atoms with van der Waals surface area (Å²) in [7, 11) is 0. The molecule has 24 heavy (non-hydrogen) atoms. The van der Waals surface area contributed by atoms with Crippen LogP contribution in [0.3, 0.4) is 0 Å². The van der Waals surface area contributed by atoms with Crippen molar-refractivity contribution < 1.29 is 4.79 Å². The molecule has 0 spiro atoms. The maximum atomic E-state index is 12.7. The highest BCUT2D eigenvalue weighted by molar-refractivity contribution is 5.96. The average molecular weight is 344 g/mol. The number of nitrogens with one attached hydrogen (secondary N) is 1. The molecule has 2 aromatic rings. The molecule has 126 valence electrons. The van der Waals surface area contributed by atoms with Crippen molar-refractivity contribution in [2.75, 3.05) is 19.6 Å². The van der Waals surface area contributed by atoms with Crippen molar-refractivity contribution in [3.05, 3.63) is 42.2 Å². The molecule has 3 aliphatic heterocycles. The van der Waals surface area contributed by atoms with E-state index in [1.54, 1.807) is 6.20 Å². The van der Waals surface area contributed by atoms with Crippen LogP contribution in [0.2, 0.25) is 0 Å². The average Bonchev–Trinajstić information content (AvgIpc) is 2.57. The fourth-order valence-electron chi connectivity index (χ4n) is 5.08. The van der Waals surface area contributed by atoms with Gasteiger partial charge >= 0.3 is 0 Å². The third-order valence-electron chi connectivity index (χ3n) is 5.95. The van der Waals surface area contributed by atoms with Crippen molar-refractivity contribution in [1.29, 1.82) is 0 Å². The van der Waals surface area contributed by atoms with E-state index >= 15 is 0 Å². The van der Waals surface area contributed by atoms with Crippen molar-refractivity contribution in [1.82, 2.24) is 15.2 Å². The lowest BCUT2D eigenvalue weighted by atomic mass is 9.65. The van der Waals surface area contributed by atoms with Crippen LogP contribution in [0.15, 0.2) is 36.5 Å². The lowest BCUT2D eigenvalue weighted by molar-refractivity contribution is -0.0419. The molecule has 3 saturated heterocycles. The van der Waals surface area contributed by atoms with Gasteiger partial charge in [-0.3, -0.25) is 9.78 Å². The standard InChI is InChI=1S/C19H21N3O.ClH/c23-19(17-7-13-3-1-2-4-14(13)8-20-17)21-18-15-5-12-6-16(18)11-22(9-12)10-15;/h1-4,7-8,12,15-16,18H,5-6,9-11H2,(H,21,23);1H/t12?,15-,16-,18?;/m1./s1. The maximum Gasteiger partial charge on any atom is 0.270 e. The second-order valence-electron chi connectivity index (χ2n) is 7.49. The Bertz CT molecular complexity index is 750. The van der Waals surface area contributed by atoms with E-state index in [1.807, 2.05) is 30.3 Å². The molecule has 5 heteroatoms. The summed E-state index contributed by atoms with van der Waals surface area (Å²) >= 11 is 0. The van der Waals surface area contributed by atoms with Crippen LogP contribution in [0.5, 0.6) is 0 Å². The number of amides is 1. The minimum atomic E-state index is -0.0109. The monoisotopic (exact) mass is 343 g/mol. The van der Waals surface area contributed by atoms with Gasteiger partial charge in [-0.05, 0) is 42.0 Å². The van der Waals surface area contributed by atoms with Crippen LogP contribution in [0.4, 0.5) is 0 Å². The number of rotatable bonds is 2. The number of aromatic nitrogens is 1. The second-order valence-corrected chi connectivity index (χ2v) is 7.49. The zero-order valence-electron chi connectivity index (χ0n) is 13.5. The van der Waals surface area contributed by atoms with Gasteiger partial charge in [-0.25, -0.2) is 0 Å². The third kappa shape index (κ3) is 2.58. The highest BCUT2D eigenvalue weighted by atomic mass is 35.5. The van der Waals surface area contributed by atoms with Gasteiger partial charge in [0.2, 0.25) is 0 Å². The van der Waals surface area contributed by atoms with Crippen LogP contribution in [0, 0.1) is 17.8 Å². The Morgan fingerprint density at radius 1 is 1.08 bits per heavy atom. The summed E-state index contributed by atoms with van der Waals surface area (Å²) in [5.74, 6) is 2.11. The van der Waals surface area contributed by atoms with E-state index in [9.17, 15) is 4.79 Å². The summed E-state index contributed by atoms with van der Waals surface area (Å²) in [5, 5.41) is 5.46. The Balaban J connectivity index is 0.00000146. The molecule has 0 unspecified atom stereocenters. The summed E-state index contributed by atoms with van der Waals surface area (Å²) in [5.41, 5.74) is 0.540. The minimum absolute atomic E-state index is 0. The number of pyridine rings is 1. The van der Waals surface area contributed by atoms with Crippen molar-refractivity contribution in [3.63, 3.8) is 0 Å². The molecule has 4 heterocycles. The summed E-state index contributed by atoms with van der Waals surface area (Å²) in [6, 6.07) is 10.3. The Morgan fingerprint density at radius 2 is 1.79 bits per heavy atom. The summed E-state index contributed by atoms with van der Waals surface area (Å²) in [6.07, 6.45) is 4.36. The Kier molecular flexibility index (Phi) is 3.97. The number of hydrogen-bond donors (Lipinski definition) is 1. The molecule has 1 aliphatic carbocycles. The van der Waals surface area contributed by atoms with Gasteiger partial charge < -0.3 is 10.2 Å². The van der Waals surface area contributed by atoms with Gasteiger partial charge in [-0.1, -0.05) is 24.3 Å². The van der Waals surface area contributed by atoms with E-state index < -0.39 is 0 Å². The molecule has 6 rings (SSSR count). The molecule has 1 aromatic heterocycles. The van der Waals surface area contributed by atoms with Gasteiger partial charge in [-0.15, -0.1) is 12.4 Å².